The molecule has 0 bridgehead atoms. The highest BCUT2D eigenvalue weighted by atomic mass is 15.1. The minimum atomic E-state index is 0.395. The number of nitriles is 3. The van der Waals surface area contributed by atoms with Crippen molar-refractivity contribution in [2.24, 2.45) is 0 Å². The number of hydrogen-bond donors (Lipinski definition) is 0. The van der Waals surface area contributed by atoms with Gasteiger partial charge in [-0.15, -0.1) is 0 Å². The molecule has 0 aliphatic heterocycles. The van der Waals surface area contributed by atoms with Crippen molar-refractivity contribution in [3.63, 3.8) is 0 Å². The van der Waals surface area contributed by atoms with Gasteiger partial charge >= 0.3 is 0 Å². The first kappa shape index (κ1) is 37.2. The molecule has 62 heavy (non-hydrogen) atoms. The summed E-state index contributed by atoms with van der Waals surface area (Å²) >= 11 is 0. The molecule has 2 heterocycles. The predicted octanol–water partition coefficient (Wildman–Crippen LogP) is 13.3. The Morgan fingerprint density at radius 1 is 0.387 bits per heavy atom. The summed E-state index contributed by atoms with van der Waals surface area (Å²) in [6.45, 7) is 0. The summed E-state index contributed by atoms with van der Waals surface area (Å²) in [7, 11) is 0. The molecule has 0 unspecified atom stereocenters. The fourth-order valence-corrected chi connectivity index (χ4v) is 8.23. The first-order valence-electron chi connectivity index (χ1n) is 20.1. The number of rotatable bonds is 8. The number of benzene rings is 8. The molecule has 0 aliphatic rings. The van der Waals surface area contributed by atoms with Crippen molar-refractivity contribution >= 4 is 38.9 Å². The molecule has 0 radical (unpaired) electrons. The molecule has 0 saturated carbocycles. The third kappa shape index (κ3) is 6.67. The number of aromatic nitrogens is 3. The number of hydrogen-bond acceptors (Lipinski definition) is 6. The van der Waals surface area contributed by atoms with E-state index >= 15 is 0 Å². The lowest BCUT2D eigenvalue weighted by Gasteiger charge is -2.25. The topological polar surface area (TPSA) is 105 Å². The van der Waals surface area contributed by atoms with Gasteiger partial charge < -0.3 is 9.47 Å². The van der Waals surface area contributed by atoms with Crippen molar-refractivity contribution in [2.75, 3.05) is 4.90 Å². The van der Waals surface area contributed by atoms with Crippen LogP contribution in [0.4, 0.5) is 17.1 Å². The average Bonchev–Trinajstić information content (AvgIpc) is 3.67. The molecule has 8 aromatic carbocycles. The fraction of sp³-hybridized carbons (Fsp3) is 0. The number of para-hydroxylation sites is 3. The summed E-state index contributed by atoms with van der Waals surface area (Å²) < 4.78 is 2.19. The monoisotopic (exact) mass is 791 g/mol. The maximum absolute atomic E-state index is 10.7. The van der Waals surface area contributed by atoms with E-state index in [9.17, 15) is 15.8 Å². The highest BCUT2D eigenvalue weighted by molar-refractivity contribution is 6.11. The second-order valence-electron chi connectivity index (χ2n) is 14.8. The first-order chi connectivity index (χ1) is 30.6. The van der Waals surface area contributed by atoms with Crippen LogP contribution in [-0.2, 0) is 0 Å². The van der Waals surface area contributed by atoms with Crippen LogP contribution in [0.2, 0.25) is 0 Å². The van der Waals surface area contributed by atoms with Crippen LogP contribution in [0.3, 0.4) is 0 Å². The van der Waals surface area contributed by atoms with Crippen LogP contribution in [0.25, 0.3) is 72.5 Å². The Hall–Kier alpha value is -9.09. The van der Waals surface area contributed by atoms with E-state index in [1.165, 1.54) is 0 Å². The zero-order valence-electron chi connectivity index (χ0n) is 33.2. The van der Waals surface area contributed by atoms with E-state index in [4.69, 9.17) is 9.97 Å². The van der Waals surface area contributed by atoms with Crippen LogP contribution in [0, 0.1) is 34.0 Å². The SMILES string of the molecule is N#Cc1ccccc1-c1cc(-c2ccc(-c3ccc(-n4c5ccccc5c5cc(N(c6ccccc6)c6ccccc6)ccc54)c(C#N)c3)cc2)nc(-c2ccccc2C#N)n1. The Labute approximate surface area is 358 Å². The quantitative estimate of drug-likeness (QED) is 0.152. The standard InChI is InChI=1S/C55H33N7/c56-34-40-13-7-9-19-46(40)51-33-50(59-55(60-51)47-20-10-8-14-41(47)35-57)38-25-23-37(24-26-38)39-27-29-52(42(31-39)36-58)62-53-22-12-11-21-48(53)49-32-45(28-30-54(49)62)61(43-15-3-1-4-16-43)44-17-5-2-6-18-44/h1-33H. The van der Waals surface area contributed by atoms with E-state index in [0.717, 1.165) is 61.2 Å². The van der Waals surface area contributed by atoms with Gasteiger partial charge in [-0.05, 0) is 96.1 Å². The molecule has 0 N–H and O–H groups in total. The fourth-order valence-electron chi connectivity index (χ4n) is 8.23. The summed E-state index contributed by atoms with van der Waals surface area (Å²) in [4.78, 5) is 12.1. The van der Waals surface area contributed by atoms with E-state index in [2.05, 4.69) is 119 Å². The molecule has 7 nitrogen and oxygen atoms in total. The van der Waals surface area contributed by atoms with Gasteiger partial charge in [-0.3, -0.25) is 0 Å². The van der Waals surface area contributed by atoms with E-state index in [1.807, 2.05) is 97.1 Å². The second-order valence-corrected chi connectivity index (χ2v) is 14.8. The summed E-state index contributed by atoms with van der Waals surface area (Å²) in [5.74, 6) is 0.395. The Morgan fingerprint density at radius 2 is 0.935 bits per heavy atom. The van der Waals surface area contributed by atoms with Gasteiger partial charge in [0.15, 0.2) is 5.82 Å². The molecule has 0 amide bonds. The van der Waals surface area contributed by atoms with Gasteiger partial charge in [0.05, 0.1) is 56.9 Å². The molecule has 2 aromatic heterocycles. The molecule has 0 atom stereocenters. The summed E-state index contributed by atoms with van der Waals surface area (Å²) in [5, 5.41) is 32.7. The minimum absolute atomic E-state index is 0.395. The van der Waals surface area contributed by atoms with E-state index in [-0.39, 0.29) is 0 Å². The predicted molar refractivity (Wildman–Crippen MR) is 247 cm³/mol. The molecule has 7 heteroatoms. The third-order valence-electron chi connectivity index (χ3n) is 11.2. The lowest BCUT2D eigenvalue weighted by molar-refractivity contribution is 1.17. The maximum Gasteiger partial charge on any atom is 0.161 e. The van der Waals surface area contributed by atoms with E-state index in [1.54, 1.807) is 12.1 Å². The largest absolute Gasteiger partial charge is 0.310 e. The van der Waals surface area contributed by atoms with Crippen molar-refractivity contribution in [3.8, 4) is 68.9 Å². The smallest absolute Gasteiger partial charge is 0.161 e. The molecule has 10 aromatic rings. The number of fused-ring (bicyclic) bond motifs is 3. The zero-order chi connectivity index (χ0) is 42.0. The van der Waals surface area contributed by atoms with Crippen molar-refractivity contribution in [1.29, 1.82) is 15.8 Å². The van der Waals surface area contributed by atoms with Crippen molar-refractivity contribution in [2.45, 2.75) is 0 Å². The highest BCUT2D eigenvalue weighted by Crippen LogP contribution is 2.40. The minimum Gasteiger partial charge on any atom is -0.310 e. The Morgan fingerprint density at radius 3 is 1.63 bits per heavy atom. The van der Waals surface area contributed by atoms with Gasteiger partial charge in [0.25, 0.3) is 0 Å². The normalized spacial score (nSPS) is 10.9. The van der Waals surface area contributed by atoms with Crippen LogP contribution in [0.1, 0.15) is 16.7 Å². The molecular weight excluding hydrogens is 759 g/mol. The van der Waals surface area contributed by atoms with E-state index < -0.39 is 0 Å². The van der Waals surface area contributed by atoms with Crippen LogP contribution in [-0.4, -0.2) is 14.5 Å². The molecule has 0 saturated heterocycles. The summed E-state index contributed by atoms with van der Waals surface area (Å²) in [6, 6.07) is 73.2. The van der Waals surface area contributed by atoms with Crippen LogP contribution >= 0.6 is 0 Å². The van der Waals surface area contributed by atoms with Gasteiger partial charge in [0.2, 0.25) is 0 Å². The van der Waals surface area contributed by atoms with Crippen LogP contribution in [0.5, 0.6) is 0 Å². The Bertz CT molecular complexity index is 3330. The molecule has 10 rings (SSSR count). The summed E-state index contributed by atoms with van der Waals surface area (Å²) in [5.41, 5.74) is 12.7. The Kier molecular flexibility index (Phi) is 9.56. The number of anilines is 3. The van der Waals surface area contributed by atoms with E-state index in [0.29, 0.717) is 45.0 Å². The van der Waals surface area contributed by atoms with Gasteiger partial charge in [-0.25, -0.2) is 9.97 Å². The number of nitrogens with zero attached hydrogens (tertiary/aromatic N) is 7. The van der Waals surface area contributed by atoms with Crippen molar-refractivity contribution < 1.29 is 0 Å². The van der Waals surface area contributed by atoms with Gasteiger partial charge in [-0.1, -0.05) is 115 Å². The highest BCUT2D eigenvalue weighted by Gasteiger charge is 2.20. The van der Waals surface area contributed by atoms with Gasteiger partial charge in [0.1, 0.15) is 6.07 Å². The lowest BCUT2D eigenvalue weighted by atomic mass is 9.99. The van der Waals surface area contributed by atoms with Crippen molar-refractivity contribution in [1.82, 2.24) is 14.5 Å². The second kappa shape index (κ2) is 15.9. The summed E-state index contributed by atoms with van der Waals surface area (Å²) in [6.07, 6.45) is 0. The van der Waals surface area contributed by atoms with Gasteiger partial charge in [-0.2, -0.15) is 15.8 Å². The molecule has 0 spiro atoms. The Balaban J connectivity index is 1.04. The van der Waals surface area contributed by atoms with Gasteiger partial charge in [0, 0.05) is 44.5 Å². The average molecular weight is 792 g/mol. The third-order valence-corrected chi connectivity index (χ3v) is 11.2. The maximum atomic E-state index is 10.7. The zero-order valence-corrected chi connectivity index (χ0v) is 33.2. The molecular formula is C55H33N7. The first-order valence-corrected chi connectivity index (χ1v) is 20.1. The van der Waals surface area contributed by atoms with Crippen LogP contribution in [0.15, 0.2) is 200 Å². The molecule has 0 aliphatic carbocycles. The molecule has 0 fully saturated rings. The van der Waals surface area contributed by atoms with Crippen molar-refractivity contribution in [3.05, 3.63) is 217 Å². The lowest BCUT2D eigenvalue weighted by Crippen LogP contribution is -2.09. The van der Waals surface area contributed by atoms with Crippen LogP contribution < -0.4 is 4.90 Å². The molecule has 288 valence electrons.